The summed E-state index contributed by atoms with van der Waals surface area (Å²) in [7, 11) is 0. The van der Waals surface area contributed by atoms with E-state index in [-0.39, 0.29) is 25.2 Å². The predicted octanol–water partition coefficient (Wildman–Crippen LogP) is 3.69. The predicted molar refractivity (Wildman–Crippen MR) is 107 cm³/mol. The Kier molecular flexibility index (Phi) is 7.00. The Morgan fingerprint density at radius 3 is 2.24 bits per heavy atom. The minimum atomic E-state index is -1.00. The molecule has 1 N–H and O–H groups in total. The number of hydrogen-bond donors (Lipinski definition) is 1. The van der Waals surface area contributed by atoms with Gasteiger partial charge in [-0.25, -0.2) is 4.79 Å². The van der Waals surface area contributed by atoms with E-state index in [4.69, 9.17) is 4.74 Å². The molecule has 152 valence electrons. The Labute approximate surface area is 170 Å². The van der Waals surface area contributed by atoms with Crippen molar-refractivity contribution in [1.82, 2.24) is 4.90 Å². The van der Waals surface area contributed by atoms with Gasteiger partial charge >= 0.3 is 12.1 Å². The minimum absolute atomic E-state index is 0.0998. The number of ether oxygens (including phenoxy) is 1. The van der Waals surface area contributed by atoms with E-state index in [2.05, 4.69) is 0 Å². The molecule has 1 aliphatic heterocycles. The molecule has 1 unspecified atom stereocenters. The highest BCUT2D eigenvalue weighted by Gasteiger charge is 2.36. The number of carbonyl (C=O) groups is 3. The van der Waals surface area contributed by atoms with Crippen molar-refractivity contribution in [3.8, 4) is 0 Å². The Morgan fingerprint density at radius 1 is 1.00 bits per heavy atom. The molecule has 3 rings (SSSR count). The fourth-order valence-electron chi connectivity index (χ4n) is 3.65. The van der Waals surface area contributed by atoms with Crippen molar-refractivity contribution in [2.75, 3.05) is 6.54 Å². The van der Waals surface area contributed by atoms with Crippen molar-refractivity contribution in [3.63, 3.8) is 0 Å². The summed E-state index contributed by atoms with van der Waals surface area (Å²) < 4.78 is 5.36. The lowest BCUT2D eigenvalue weighted by molar-refractivity contribution is -0.144. The largest absolute Gasteiger partial charge is 0.481 e. The molecule has 1 saturated heterocycles. The summed E-state index contributed by atoms with van der Waals surface area (Å²) in [4.78, 5) is 38.4. The van der Waals surface area contributed by atoms with E-state index in [0.717, 1.165) is 11.1 Å². The molecule has 1 fully saturated rings. The number of carboxylic acid groups (broad SMARTS) is 1. The number of amides is 1. The van der Waals surface area contributed by atoms with Gasteiger partial charge in [-0.15, -0.1) is 0 Å². The van der Waals surface area contributed by atoms with E-state index in [1.54, 1.807) is 0 Å². The summed E-state index contributed by atoms with van der Waals surface area (Å²) in [5.41, 5.74) is 1.75. The van der Waals surface area contributed by atoms with Gasteiger partial charge in [-0.3, -0.25) is 14.5 Å². The normalized spacial score (nSPS) is 17.0. The van der Waals surface area contributed by atoms with E-state index in [1.807, 2.05) is 60.7 Å². The molecule has 0 saturated carbocycles. The number of hydrogen-bond acceptors (Lipinski definition) is 4. The highest BCUT2D eigenvalue weighted by atomic mass is 16.6. The zero-order chi connectivity index (χ0) is 20.6. The lowest BCUT2D eigenvalue weighted by atomic mass is 9.91. The van der Waals surface area contributed by atoms with Gasteiger partial charge in [-0.05, 0) is 30.4 Å². The van der Waals surface area contributed by atoms with Crippen LogP contribution in [0.5, 0.6) is 0 Å². The van der Waals surface area contributed by atoms with Crippen LogP contribution >= 0.6 is 0 Å². The molecule has 0 aromatic heterocycles. The maximum Gasteiger partial charge on any atom is 0.410 e. The van der Waals surface area contributed by atoms with Crippen LogP contribution in [-0.2, 0) is 27.4 Å². The highest BCUT2D eigenvalue weighted by molar-refractivity contribution is 5.90. The van der Waals surface area contributed by atoms with Gasteiger partial charge in [0.1, 0.15) is 6.61 Å². The van der Waals surface area contributed by atoms with E-state index < -0.39 is 24.0 Å². The number of ketones is 1. The first-order valence-corrected chi connectivity index (χ1v) is 9.81. The maximum absolute atomic E-state index is 12.8. The summed E-state index contributed by atoms with van der Waals surface area (Å²) in [6, 6.07) is 18.0. The lowest BCUT2D eigenvalue weighted by Gasteiger charge is -2.24. The summed E-state index contributed by atoms with van der Waals surface area (Å²) >= 11 is 0. The molecule has 1 amide bonds. The Balaban J connectivity index is 1.59. The topological polar surface area (TPSA) is 83.9 Å². The van der Waals surface area contributed by atoms with Crippen LogP contribution < -0.4 is 0 Å². The van der Waals surface area contributed by atoms with Crippen LogP contribution in [0, 0.1) is 5.92 Å². The quantitative estimate of drug-likeness (QED) is 0.737. The fraction of sp³-hybridized carbons (Fsp3) is 0.348. The van der Waals surface area contributed by atoms with Crippen molar-refractivity contribution in [2.24, 2.45) is 5.92 Å². The third-order valence-corrected chi connectivity index (χ3v) is 5.19. The summed E-state index contributed by atoms with van der Waals surface area (Å²) in [5, 5.41) is 9.55. The zero-order valence-electron chi connectivity index (χ0n) is 16.2. The lowest BCUT2D eigenvalue weighted by Crippen LogP contribution is -2.42. The van der Waals surface area contributed by atoms with E-state index in [9.17, 15) is 19.5 Å². The van der Waals surface area contributed by atoms with Gasteiger partial charge in [0, 0.05) is 13.0 Å². The van der Waals surface area contributed by atoms with Crippen molar-refractivity contribution in [2.45, 2.75) is 38.3 Å². The number of Topliss-reactive ketones (excluding diaryl/α,β-unsaturated/α-hetero) is 1. The second kappa shape index (κ2) is 9.87. The smallest absolute Gasteiger partial charge is 0.410 e. The molecule has 6 heteroatoms. The number of carbonyl (C=O) groups excluding carboxylic acids is 2. The second-order valence-corrected chi connectivity index (χ2v) is 7.29. The van der Waals surface area contributed by atoms with Crippen molar-refractivity contribution < 1.29 is 24.2 Å². The molecule has 0 aliphatic carbocycles. The van der Waals surface area contributed by atoms with Crippen LogP contribution in [-0.4, -0.2) is 40.4 Å². The number of rotatable bonds is 8. The number of carboxylic acids is 1. The molecule has 1 heterocycles. The van der Waals surface area contributed by atoms with Crippen molar-refractivity contribution in [1.29, 1.82) is 0 Å². The number of aliphatic carboxylic acids is 1. The van der Waals surface area contributed by atoms with E-state index in [1.165, 1.54) is 4.90 Å². The summed E-state index contributed by atoms with van der Waals surface area (Å²) in [6.45, 7) is 0.587. The third kappa shape index (κ3) is 5.67. The van der Waals surface area contributed by atoms with Crippen LogP contribution in [0.1, 0.15) is 30.4 Å². The van der Waals surface area contributed by atoms with E-state index >= 15 is 0 Å². The zero-order valence-corrected chi connectivity index (χ0v) is 16.2. The first-order valence-electron chi connectivity index (χ1n) is 9.81. The summed E-state index contributed by atoms with van der Waals surface area (Å²) in [6.07, 6.45) is 0.897. The first-order chi connectivity index (χ1) is 14.0. The van der Waals surface area contributed by atoms with Gasteiger partial charge in [-0.1, -0.05) is 60.7 Å². The highest BCUT2D eigenvalue weighted by Crippen LogP contribution is 2.23. The average molecular weight is 395 g/mol. The van der Waals surface area contributed by atoms with Gasteiger partial charge in [0.15, 0.2) is 5.78 Å². The number of likely N-dealkylation sites (tertiary alicyclic amines) is 1. The van der Waals surface area contributed by atoms with Gasteiger partial charge in [0.05, 0.1) is 12.0 Å². The molecule has 1 aliphatic rings. The third-order valence-electron chi connectivity index (χ3n) is 5.19. The van der Waals surface area contributed by atoms with Crippen molar-refractivity contribution in [3.05, 3.63) is 71.8 Å². The van der Waals surface area contributed by atoms with Gasteiger partial charge in [-0.2, -0.15) is 0 Å². The van der Waals surface area contributed by atoms with Crippen LogP contribution in [0.2, 0.25) is 0 Å². The van der Waals surface area contributed by atoms with Crippen LogP contribution in [0.15, 0.2) is 60.7 Å². The van der Waals surface area contributed by atoms with Crippen LogP contribution in [0.3, 0.4) is 0 Å². The van der Waals surface area contributed by atoms with Crippen molar-refractivity contribution >= 4 is 17.8 Å². The Hall–Kier alpha value is -3.15. The second-order valence-electron chi connectivity index (χ2n) is 7.29. The molecule has 2 aromatic carbocycles. The van der Waals surface area contributed by atoms with Gasteiger partial charge in [0.25, 0.3) is 0 Å². The van der Waals surface area contributed by atoms with Gasteiger partial charge < -0.3 is 9.84 Å². The molecule has 2 aromatic rings. The molecular formula is C23H25NO5. The fourth-order valence-corrected chi connectivity index (χ4v) is 3.65. The molecule has 0 radical (unpaired) electrons. The standard InChI is InChI=1S/C23H25NO5/c25-21(15-19(22(26)27)14-17-8-3-1-4-9-17)20-12-7-13-24(20)23(28)29-16-18-10-5-2-6-11-18/h1-6,8-11,19-20H,7,12-16H2,(H,26,27)/t19?,20-/m0/s1. The molecule has 0 bridgehead atoms. The Bertz CT molecular complexity index is 837. The summed E-state index contributed by atoms with van der Waals surface area (Å²) in [5.74, 6) is -2.03. The Morgan fingerprint density at radius 2 is 1.62 bits per heavy atom. The SMILES string of the molecule is O=C(O)C(CC(=O)[C@@H]1CCCN1C(=O)OCc1ccccc1)Cc1ccccc1. The first kappa shape index (κ1) is 20.6. The van der Waals surface area contributed by atoms with Crippen LogP contribution in [0.4, 0.5) is 4.79 Å². The molecule has 6 nitrogen and oxygen atoms in total. The van der Waals surface area contributed by atoms with E-state index in [0.29, 0.717) is 19.4 Å². The number of benzene rings is 2. The average Bonchev–Trinajstić information content (AvgIpc) is 3.23. The monoisotopic (exact) mass is 395 g/mol. The molecule has 0 spiro atoms. The minimum Gasteiger partial charge on any atom is -0.481 e. The number of nitrogens with zero attached hydrogens (tertiary/aromatic N) is 1. The van der Waals surface area contributed by atoms with Gasteiger partial charge in [0.2, 0.25) is 0 Å². The molecule has 2 atom stereocenters. The molecular weight excluding hydrogens is 370 g/mol. The van der Waals surface area contributed by atoms with Crippen LogP contribution in [0.25, 0.3) is 0 Å². The molecule has 29 heavy (non-hydrogen) atoms. The maximum atomic E-state index is 12.8.